The van der Waals surface area contributed by atoms with Crippen LogP contribution in [0, 0.1) is 6.92 Å². The van der Waals surface area contributed by atoms with Crippen LogP contribution in [0.1, 0.15) is 47.3 Å². The van der Waals surface area contributed by atoms with Crippen molar-refractivity contribution in [3.63, 3.8) is 0 Å². The van der Waals surface area contributed by atoms with Gasteiger partial charge in [0, 0.05) is 23.7 Å². The Morgan fingerprint density at radius 1 is 1.38 bits per heavy atom. The summed E-state index contributed by atoms with van der Waals surface area (Å²) in [5.41, 5.74) is 2.86. The van der Waals surface area contributed by atoms with Crippen molar-refractivity contribution in [1.82, 2.24) is 14.7 Å². The van der Waals surface area contributed by atoms with Gasteiger partial charge in [-0.1, -0.05) is 0 Å². The summed E-state index contributed by atoms with van der Waals surface area (Å²) in [5, 5.41) is 6.52. The van der Waals surface area contributed by atoms with Crippen LogP contribution in [0.15, 0.2) is 17.6 Å². The van der Waals surface area contributed by atoms with Crippen LogP contribution in [0.4, 0.5) is 0 Å². The number of fused-ring (bicyclic) bond motifs is 1. The largest absolute Gasteiger partial charge is 0.334 e. The van der Waals surface area contributed by atoms with E-state index in [0.717, 1.165) is 30.8 Å². The van der Waals surface area contributed by atoms with Crippen LogP contribution in [0.25, 0.3) is 0 Å². The Hall–Kier alpha value is -1.62. The fourth-order valence-electron chi connectivity index (χ4n) is 2.89. The SMILES string of the molecule is Cc1c(C(=O)N2CCc3sccc3C2)cnn1C(C)(C)C. The van der Waals surface area contributed by atoms with Gasteiger partial charge in [-0.2, -0.15) is 5.10 Å². The molecule has 0 spiro atoms. The molecule has 3 heterocycles. The van der Waals surface area contributed by atoms with Gasteiger partial charge in [0.2, 0.25) is 0 Å². The third-order valence-electron chi connectivity index (χ3n) is 3.97. The van der Waals surface area contributed by atoms with Crippen LogP contribution in [-0.2, 0) is 18.5 Å². The molecule has 112 valence electrons. The molecule has 0 saturated heterocycles. The van der Waals surface area contributed by atoms with Crippen LogP contribution >= 0.6 is 11.3 Å². The molecular formula is C16H21N3OS. The second kappa shape index (κ2) is 4.98. The van der Waals surface area contributed by atoms with Gasteiger partial charge in [0.15, 0.2) is 0 Å². The molecule has 21 heavy (non-hydrogen) atoms. The Bertz CT molecular complexity index is 678. The van der Waals surface area contributed by atoms with Crippen molar-refractivity contribution in [2.75, 3.05) is 6.54 Å². The highest BCUT2D eigenvalue weighted by Gasteiger charge is 2.27. The highest BCUT2D eigenvalue weighted by Crippen LogP contribution is 2.26. The lowest BCUT2D eigenvalue weighted by molar-refractivity contribution is 0.0735. The summed E-state index contributed by atoms with van der Waals surface area (Å²) in [6.07, 6.45) is 2.68. The topological polar surface area (TPSA) is 38.1 Å². The molecule has 0 saturated carbocycles. The van der Waals surface area contributed by atoms with E-state index in [9.17, 15) is 4.79 Å². The minimum absolute atomic E-state index is 0.0971. The minimum atomic E-state index is -0.106. The van der Waals surface area contributed by atoms with E-state index in [-0.39, 0.29) is 11.4 Å². The maximum atomic E-state index is 12.8. The summed E-state index contributed by atoms with van der Waals surface area (Å²) in [5.74, 6) is 0.0971. The standard InChI is InChI=1S/C16H21N3OS/c1-11-13(9-17-19(11)16(2,3)4)15(20)18-7-5-14-12(10-18)6-8-21-14/h6,8-9H,5,7,10H2,1-4H3. The predicted octanol–water partition coefficient (Wildman–Crippen LogP) is 3.21. The highest BCUT2D eigenvalue weighted by atomic mass is 32.1. The van der Waals surface area contributed by atoms with Gasteiger partial charge in [-0.25, -0.2) is 0 Å². The Balaban J connectivity index is 1.86. The van der Waals surface area contributed by atoms with E-state index in [1.807, 2.05) is 16.5 Å². The number of carbonyl (C=O) groups is 1. The van der Waals surface area contributed by atoms with E-state index in [4.69, 9.17) is 0 Å². The van der Waals surface area contributed by atoms with Crippen molar-refractivity contribution in [1.29, 1.82) is 0 Å². The van der Waals surface area contributed by atoms with E-state index in [1.165, 1.54) is 10.4 Å². The zero-order chi connectivity index (χ0) is 15.2. The molecule has 1 aliphatic heterocycles. The molecule has 0 radical (unpaired) electrons. The molecule has 3 rings (SSSR count). The minimum Gasteiger partial charge on any atom is -0.334 e. The van der Waals surface area contributed by atoms with Crippen molar-refractivity contribution in [2.45, 2.75) is 46.2 Å². The summed E-state index contributed by atoms with van der Waals surface area (Å²) in [6, 6.07) is 2.13. The Kier molecular flexibility index (Phi) is 3.40. The molecule has 5 heteroatoms. The van der Waals surface area contributed by atoms with Crippen LogP contribution in [-0.4, -0.2) is 27.1 Å². The van der Waals surface area contributed by atoms with E-state index >= 15 is 0 Å². The molecule has 0 aromatic carbocycles. The molecule has 2 aromatic heterocycles. The van der Waals surface area contributed by atoms with Crippen molar-refractivity contribution >= 4 is 17.2 Å². The third kappa shape index (κ3) is 2.50. The van der Waals surface area contributed by atoms with E-state index in [0.29, 0.717) is 0 Å². The summed E-state index contributed by atoms with van der Waals surface area (Å²) >= 11 is 1.79. The first-order valence-electron chi connectivity index (χ1n) is 7.27. The first-order chi connectivity index (χ1) is 9.88. The predicted molar refractivity (Wildman–Crippen MR) is 84.7 cm³/mol. The average Bonchev–Trinajstić information content (AvgIpc) is 3.02. The Labute approximate surface area is 129 Å². The Morgan fingerprint density at radius 2 is 2.14 bits per heavy atom. The number of rotatable bonds is 1. The number of carbonyl (C=O) groups excluding carboxylic acids is 1. The molecule has 0 N–H and O–H groups in total. The zero-order valence-electron chi connectivity index (χ0n) is 13.0. The zero-order valence-corrected chi connectivity index (χ0v) is 13.8. The maximum absolute atomic E-state index is 12.8. The number of hydrogen-bond acceptors (Lipinski definition) is 3. The van der Waals surface area contributed by atoms with Crippen LogP contribution in [0.2, 0.25) is 0 Å². The lowest BCUT2D eigenvalue weighted by atomic mass is 10.1. The lowest BCUT2D eigenvalue weighted by Crippen LogP contribution is -2.35. The summed E-state index contributed by atoms with van der Waals surface area (Å²) in [4.78, 5) is 16.1. The van der Waals surface area contributed by atoms with Gasteiger partial charge in [0.25, 0.3) is 5.91 Å². The van der Waals surface area contributed by atoms with Gasteiger partial charge in [0.05, 0.1) is 17.3 Å². The van der Waals surface area contributed by atoms with E-state index in [1.54, 1.807) is 17.5 Å². The van der Waals surface area contributed by atoms with Crippen molar-refractivity contribution in [2.24, 2.45) is 0 Å². The smallest absolute Gasteiger partial charge is 0.257 e. The molecule has 1 aliphatic rings. The number of thiophene rings is 1. The fraction of sp³-hybridized carbons (Fsp3) is 0.500. The number of aromatic nitrogens is 2. The molecular weight excluding hydrogens is 282 g/mol. The van der Waals surface area contributed by atoms with Gasteiger partial charge in [-0.3, -0.25) is 9.48 Å². The first kappa shape index (κ1) is 14.3. The van der Waals surface area contributed by atoms with Crippen LogP contribution in [0.3, 0.4) is 0 Å². The summed E-state index contributed by atoms with van der Waals surface area (Å²) in [6.45, 7) is 9.79. The van der Waals surface area contributed by atoms with Crippen molar-refractivity contribution in [3.8, 4) is 0 Å². The van der Waals surface area contributed by atoms with E-state index in [2.05, 4.69) is 37.3 Å². The first-order valence-corrected chi connectivity index (χ1v) is 8.15. The average molecular weight is 303 g/mol. The fourth-order valence-corrected chi connectivity index (χ4v) is 3.78. The lowest BCUT2D eigenvalue weighted by Gasteiger charge is -2.27. The number of nitrogens with zero attached hydrogens (tertiary/aromatic N) is 3. The molecule has 0 aliphatic carbocycles. The number of amides is 1. The molecule has 4 nitrogen and oxygen atoms in total. The van der Waals surface area contributed by atoms with Crippen molar-refractivity contribution in [3.05, 3.63) is 39.3 Å². The summed E-state index contributed by atoms with van der Waals surface area (Å²) < 4.78 is 1.93. The molecule has 0 fully saturated rings. The molecule has 0 unspecified atom stereocenters. The number of hydrogen-bond donors (Lipinski definition) is 0. The van der Waals surface area contributed by atoms with Gasteiger partial charge in [0.1, 0.15) is 0 Å². The van der Waals surface area contributed by atoms with Crippen molar-refractivity contribution < 1.29 is 4.79 Å². The molecule has 0 bridgehead atoms. The summed E-state index contributed by atoms with van der Waals surface area (Å²) in [7, 11) is 0. The molecule has 2 aromatic rings. The molecule has 0 atom stereocenters. The highest BCUT2D eigenvalue weighted by molar-refractivity contribution is 7.10. The molecule has 1 amide bonds. The third-order valence-corrected chi connectivity index (χ3v) is 4.99. The normalized spacial score (nSPS) is 15.1. The van der Waals surface area contributed by atoms with Gasteiger partial charge < -0.3 is 4.90 Å². The van der Waals surface area contributed by atoms with Crippen LogP contribution in [0.5, 0.6) is 0 Å². The van der Waals surface area contributed by atoms with Gasteiger partial charge in [-0.15, -0.1) is 11.3 Å². The quantitative estimate of drug-likeness (QED) is 0.811. The van der Waals surface area contributed by atoms with Crippen LogP contribution < -0.4 is 0 Å². The van der Waals surface area contributed by atoms with Gasteiger partial charge >= 0.3 is 0 Å². The van der Waals surface area contributed by atoms with Gasteiger partial charge in [-0.05, 0) is 51.1 Å². The second-order valence-electron chi connectivity index (χ2n) is 6.57. The second-order valence-corrected chi connectivity index (χ2v) is 7.57. The maximum Gasteiger partial charge on any atom is 0.257 e. The Morgan fingerprint density at radius 3 is 2.81 bits per heavy atom. The monoisotopic (exact) mass is 303 g/mol. The van der Waals surface area contributed by atoms with E-state index < -0.39 is 0 Å².